The highest BCUT2D eigenvalue weighted by atomic mass is 19.1. The van der Waals surface area contributed by atoms with Gasteiger partial charge in [-0.1, -0.05) is 19.1 Å². The number of hydrogen-bond donors (Lipinski definition) is 0. The highest BCUT2D eigenvalue weighted by molar-refractivity contribution is 5.99. The van der Waals surface area contributed by atoms with Gasteiger partial charge in [0.15, 0.2) is 5.78 Å². The first-order chi connectivity index (χ1) is 6.20. The Balaban J connectivity index is 2.55. The normalized spacial score (nSPS) is 21.4. The molecule has 1 aromatic carbocycles. The molecule has 1 atom stereocenters. The van der Waals surface area contributed by atoms with E-state index in [-0.39, 0.29) is 17.5 Å². The van der Waals surface area contributed by atoms with E-state index < -0.39 is 0 Å². The summed E-state index contributed by atoms with van der Waals surface area (Å²) < 4.78 is 13.2. The maximum Gasteiger partial charge on any atom is 0.166 e. The minimum Gasteiger partial charge on any atom is -0.294 e. The van der Waals surface area contributed by atoms with E-state index in [4.69, 9.17) is 0 Å². The number of ketones is 1. The van der Waals surface area contributed by atoms with Gasteiger partial charge in [-0.3, -0.25) is 4.79 Å². The lowest BCUT2D eigenvalue weighted by Gasteiger charge is -2.20. The first-order valence-corrected chi connectivity index (χ1v) is 4.51. The molecule has 0 unspecified atom stereocenters. The number of halogens is 1. The predicted octanol–water partition coefficient (Wildman–Crippen LogP) is 2.59. The highest BCUT2D eigenvalue weighted by Gasteiger charge is 2.25. The second kappa shape index (κ2) is 2.95. The molecule has 0 spiro atoms. The maximum absolute atomic E-state index is 13.2. The maximum atomic E-state index is 13.2. The van der Waals surface area contributed by atoms with Crippen LogP contribution in [0.15, 0.2) is 18.2 Å². The summed E-state index contributed by atoms with van der Waals surface area (Å²) in [4.78, 5) is 11.6. The van der Waals surface area contributed by atoms with E-state index in [0.717, 1.165) is 6.42 Å². The molecule has 2 rings (SSSR count). The van der Waals surface area contributed by atoms with Crippen LogP contribution in [0.25, 0.3) is 0 Å². The zero-order chi connectivity index (χ0) is 9.42. The Morgan fingerprint density at radius 2 is 2.23 bits per heavy atom. The summed E-state index contributed by atoms with van der Waals surface area (Å²) in [5, 5.41) is 0. The average Bonchev–Trinajstić information content (AvgIpc) is 2.12. The first kappa shape index (κ1) is 8.42. The van der Waals surface area contributed by atoms with Crippen molar-refractivity contribution in [1.29, 1.82) is 0 Å². The lowest BCUT2D eigenvalue weighted by Crippen LogP contribution is -2.20. The van der Waals surface area contributed by atoms with E-state index in [1.54, 1.807) is 12.1 Å². The van der Waals surface area contributed by atoms with E-state index in [2.05, 4.69) is 0 Å². The molecular weight excluding hydrogens is 167 g/mol. The molecule has 1 aliphatic rings. The van der Waals surface area contributed by atoms with Crippen LogP contribution in [0.4, 0.5) is 4.39 Å². The Kier molecular flexibility index (Phi) is 1.91. The molecule has 1 aliphatic carbocycles. The standard InChI is InChI=1S/C11H11FO/c1-7-5-6-8-9(11(7)13)3-2-4-10(8)12/h2-4,7H,5-6H2,1H3/t7-/m1/s1. The number of carbonyl (C=O) groups excluding carboxylic acids is 1. The molecule has 0 heterocycles. The van der Waals surface area contributed by atoms with E-state index in [9.17, 15) is 9.18 Å². The zero-order valence-corrected chi connectivity index (χ0v) is 7.51. The number of hydrogen-bond acceptors (Lipinski definition) is 1. The summed E-state index contributed by atoms with van der Waals surface area (Å²) in [5.74, 6) is -0.104. The fraction of sp³-hybridized carbons (Fsp3) is 0.364. The van der Waals surface area contributed by atoms with Crippen LogP contribution in [-0.4, -0.2) is 5.78 Å². The van der Waals surface area contributed by atoms with Crippen molar-refractivity contribution >= 4 is 5.78 Å². The highest BCUT2D eigenvalue weighted by Crippen LogP contribution is 2.26. The van der Waals surface area contributed by atoms with Crippen LogP contribution in [0.2, 0.25) is 0 Å². The van der Waals surface area contributed by atoms with Gasteiger partial charge < -0.3 is 0 Å². The Labute approximate surface area is 76.6 Å². The van der Waals surface area contributed by atoms with Crippen molar-refractivity contribution in [2.24, 2.45) is 5.92 Å². The topological polar surface area (TPSA) is 17.1 Å². The SMILES string of the molecule is C[C@@H]1CCc2c(F)cccc2C1=O. The number of benzene rings is 1. The van der Waals surface area contributed by atoms with Gasteiger partial charge in [0.2, 0.25) is 0 Å². The van der Waals surface area contributed by atoms with E-state index in [1.807, 2.05) is 6.92 Å². The fourth-order valence-electron chi connectivity index (χ4n) is 1.80. The summed E-state index contributed by atoms with van der Waals surface area (Å²) in [6.07, 6.45) is 1.46. The van der Waals surface area contributed by atoms with Crippen molar-refractivity contribution in [3.05, 3.63) is 35.1 Å². The monoisotopic (exact) mass is 178 g/mol. The van der Waals surface area contributed by atoms with E-state index >= 15 is 0 Å². The van der Waals surface area contributed by atoms with Crippen LogP contribution in [0.3, 0.4) is 0 Å². The van der Waals surface area contributed by atoms with Crippen molar-refractivity contribution < 1.29 is 9.18 Å². The molecule has 0 amide bonds. The summed E-state index contributed by atoms with van der Waals surface area (Å²) in [5.41, 5.74) is 1.18. The second-order valence-electron chi connectivity index (χ2n) is 3.57. The molecule has 0 bridgehead atoms. The van der Waals surface area contributed by atoms with Gasteiger partial charge >= 0.3 is 0 Å². The molecule has 13 heavy (non-hydrogen) atoms. The Bertz CT molecular complexity index is 357. The fourth-order valence-corrected chi connectivity index (χ4v) is 1.80. The van der Waals surface area contributed by atoms with E-state index in [0.29, 0.717) is 17.5 Å². The lowest BCUT2D eigenvalue weighted by atomic mass is 9.84. The molecule has 1 aromatic rings. The van der Waals surface area contributed by atoms with Crippen molar-refractivity contribution in [1.82, 2.24) is 0 Å². The Hall–Kier alpha value is -1.18. The van der Waals surface area contributed by atoms with Crippen molar-refractivity contribution in [3.8, 4) is 0 Å². The molecular formula is C11H11FO. The predicted molar refractivity (Wildman–Crippen MR) is 48.2 cm³/mol. The summed E-state index contributed by atoms with van der Waals surface area (Å²) in [6, 6.07) is 4.74. The first-order valence-electron chi connectivity index (χ1n) is 4.51. The molecule has 0 saturated heterocycles. The quantitative estimate of drug-likeness (QED) is 0.596. The zero-order valence-electron chi connectivity index (χ0n) is 7.51. The third kappa shape index (κ3) is 1.26. The van der Waals surface area contributed by atoms with Crippen molar-refractivity contribution in [3.63, 3.8) is 0 Å². The smallest absolute Gasteiger partial charge is 0.166 e. The molecule has 1 nitrogen and oxygen atoms in total. The second-order valence-corrected chi connectivity index (χ2v) is 3.57. The molecule has 0 fully saturated rings. The summed E-state index contributed by atoms with van der Waals surface area (Å²) >= 11 is 0. The van der Waals surface area contributed by atoms with Gasteiger partial charge in [0, 0.05) is 11.5 Å². The van der Waals surface area contributed by atoms with Crippen LogP contribution >= 0.6 is 0 Å². The van der Waals surface area contributed by atoms with Crippen LogP contribution < -0.4 is 0 Å². The third-order valence-electron chi connectivity index (χ3n) is 2.66. The summed E-state index contributed by atoms with van der Waals surface area (Å²) in [7, 11) is 0. The molecule has 0 N–H and O–H groups in total. The number of rotatable bonds is 0. The molecule has 0 saturated carbocycles. The number of carbonyl (C=O) groups is 1. The van der Waals surface area contributed by atoms with Crippen LogP contribution in [0.5, 0.6) is 0 Å². The van der Waals surface area contributed by atoms with Gasteiger partial charge in [-0.05, 0) is 24.5 Å². The van der Waals surface area contributed by atoms with Crippen LogP contribution in [0.1, 0.15) is 29.3 Å². The van der Waals surface area contributed by atoms with E-state index in [1.165, 1.54) is 6.07 Å². The minimum absolute atomic E-state index is 0.0503. The van der Waals surface area contributed by atoms with Gasteiger partial charge in [0.1, 0.15) is 5.82 Å². The molecule has 0 aliphatic heterocycles. The third-order valence-corrected chi connectivity index (χ3v) is 2.66. The van der Waals surface area contributed by atoms with Gasteiger partial charge in [-0.15, -0.1) is 0 Å². The Morgan fingerprint density at radius 3 is 3.00 bits per heavy atom. The van der Waals surface area contributed by atoms with Gasteiger partial charge in [-0.25, -0.2) is 4.39 Å². The molecule has 2 heteroatoms. The largest absolute Gasteiger partial charge is 0.294 e. The number of fused-ring (bicyclic) bond motifs is 1. The van der Waals surface area contributed by atoms with Crippen molar-refractivity contribution in [2.75, 3.05) is 0 Å². The van der Waals surface area contributed by atoms with Gasteiger partial charge in [-0.2, -0.15) is 0 Å². The van der Waals surface area contributed by atoms with Crippen LogP contribution in [0, 0.1) is 11.7 Å². The molecule has 0 radical (unpaired) electrons. The lowest BCUT2D eigenvalue weighted by molar-refractivity contribution is 0.0912. The Morgan fingerprint density at radius 1 is 1.46 bits per heavy atom. The number of Topliss-reactive ketones (excluding diaryl/α,β-unsaturated/α-hetero) is 1. The van der Waals surface area contributed by atoms with Gasteiger partial charge in [0.05, 0.1) is 0 Å². The molecule has 68 valence electrons. The molecule has 0 aromatic heterocycles. The van der Waals surface area contributed by atoms with Crippen LogP contribution in [-0.2, 0) is 6.42 Å². The minimum atomic E-state index is -0.238. The average molecular weight is 178 g/mol. The summed E-state index contributed by atoms with van der Waals surface area (Å²) in [6.45, 7) is 1.90. The van der Waals surface area contributed by atoms with Gasteiger partial charge in [0.25, 0.3) is 0 Å². The van der Waals surface area contributed by atoms with Crippen molar-refractivity contribution in [2.45, 2.75) is 19.8 Å².